The van der Waals surface area contributed by atoms with E-state index in [0.717, 1.165) is 22.0 Å². The summed E-state index contributed by atoms with van der Waals surface area (Å²) >= 11 is 2.22. The Morgan fingerprint density at radius 2 is 1.96 bits per heavy atom. The molecule has 0 aromatic heterocycles. The lowest BCUT2D eigenvalue weighted by Crippen LogP contribution is -2.68. The van der Waals surface area contributed by atoms with Crippen molar-refractivity contribution in [2.45, 2.75) is 51.6 Å². The maximum atomic E-state index is 12.9. The number of fused-ring (bicyclic) bond motifs is 3. The topological polar surface area (TPSA) is 52.6 Å². The summed E-state index contributed by atoms with van der Waals surface area (Å²) in [5, 5.41) is 0. The summed E-state index contributed by atoms with van der Waals surface area (Å²) in [4.78, 5) is 25.6. The molecular weight excluding hydrogens is 455 g/mol. The first-order valence-corrected chi connectivity index (χ1v) is 10.6. The Labute approximate surface area is 173 Å². The number of hydrogen-bond donors (Lipinski definition) is 0. The first-order chi connectivity index (χ1) is 12.8. The molecule has 0 saturated heterocycles. The van der Waals surface area contributed by atoms with E-state index in [0.29, 0.717) is 30.8 Å². The van der Waals surface area contributed by atoms with Gasteiger partial charge in [0.05, 0.1) is 10.7 Å². The molecular formula is C22H25IO4. The van der Waals surface area contributed by atoms with Crippen molar-refractivity contribution >= 4 is 34.3 Å². The average Bonchev–Trinajstić information content (AvgIpc) is 2.63. The maximum Gasteiger partial charge on any atom is 0.354 e. The van der Waals surface area contributed by atoms with Crippen LogP contribution in [0.4, 0.5) is 0 Å². The molecule has 1 unspecified atom stereocenters. The van der Waals surface area contributed by atoms with Gasteiger partial charge >= 0.3 is 5.97 Å². The molecule has 27 heavy (non-hydrogen) atoms. The van der Waals surface area contributed by atoms with Crippen LogP contribution in [0.3, 0.4) is 0 Å². The third-order valence-corrected chi connectivity index (χ3v) is 8.00. The van der Waals surface area contributed by atoms with Crippen LogP contribution in [0.25, 0.3) is 0 Å². The summed E-state index contributed by atoms with van der Waals surface area (Å²) in [6.45, 7) is 4.30. The minimum atomic E-state index is -1.08. The van der Waals surface area contributed by atoms with E-state index in [1.54, 1.807) is 0 Å². The van der Waals surface area contributed by atoms with E-state index in [9.17, 15) is 9.59 Å². The zero-order chi connectivity index (χ0) is 19.4. The number of ether oxygens (including phenoxy) is 2. The van der Waals surface area contributed by atoms with Gasteiger partial charge in [0.15, 0.2) is 0 Å². The van der Waals surface area contributed by atoms with Gasteiger partial charge in [-0.2, -0.15) is 0 Å². The van der Waals surface area contributed by atoms with Gasteiger partial charge in [-0.3, -0.25) is 4.79 Å². The van der Waals surface area contributed by atoms with Crippen LogP contribution in [0.2, 0.25) is 0 Å². The summed E-state index contributed by atoms with van der Waals surface area (Å²) in [7, 11) is 1.41. The van der Waals surface area contributed by atoms with E-state index >= 15 is 0 Å². The molecule has 5 heteroatoms. The van der Waals surface area contributed by atoms with Gasteiger partial charge in [0, 0.05) is 23.7 Å². The normalized spacial score (nSPS) is 37.4. The fraction of sp³-hybridized carbons (Fsp3) is 0.545. The standard InChI is InChI=1S/C22H25IO4/c1-20-12-11-17-21(2,16(20)9-6-10-18(20)24)13-22(17,19(25)26-3)27-15-8-5-4-7-14(15)23/h4-5,7-8,11,16H,6,9-10,12-13H2,1-3H3/t16?,20-,21+,22+/m0/s1. The lowest BCUT2D eigenvalue weighted by molar-refractivity contribution is -0.177. The van der Waals surface area contributed by atoms with Crippen LogP contribution in [-0.4, -0.2) is 24.5 Å². The van der Waals surface area contributed by atoms with E-state index in [4.69, 9.17) is 9.47 Å². The number of Topliss-reactive ketones (excluding diaryl/α,β-unsaturated/α-hetero) is 1. The van der Waals surface area contributed by atoms with E-state index in [1.807, 2.05) is 24.3 Å². The van der Waals surface area contributed by atoms with Gasteiger partial charge in [-0.15, -0.1) is 0 Å². The maximum absolute atomic E-state index is 12.9. The lowest BCUT2D eigenvalue weighted by Gasteiger charge is -2.64. The van der Waals surface area contributed by atoms with Gasteiger partial charge in [-0.25, -0.2) is 4.79 Å². The molecule has 0 N–H and O–H groups in total. The number of esters is 1. The molecule has 0 bridgehead atoms. The van der Waals surface area contributed by atoms with Crippen molar-refractivity contribution in [3.05, 3.63) is 39.5 Å². The van der Waals surface area contributed by atoms with Crippen LogP contribution in [0.1, 0.15) is 46.0 Å². The molecule has 0 spiro atoms. The number of benzene rings is 1. The van der Waals surface area contributed by atoms with Gasteiger partial charge in [0.25, 0.3) is 0 Å². The van der Waals surface area contributed by atoms with Crippen LogP contribution in [0.15, 0.2) is 35.9 Å². The summed E-state index contributed by atoms with van der Waals surface area (Å²) in [5.41, 5.74) is -0.594. The van der Waals surface area contributed by atoms with Crippen molar-refractivity contribution in [1.29, 1.82) is 0 Å². The van der Waals surface area contributed by atoms with Crippen molar-refractivity contribution in [2.24, 2.45) is 16.7 Å². The van der Waals surface area contributed by atoms with Crippen molar-refractivity contribution in [3.8, 4) is 5.75 Å². The van der Waals surface area contributed by atoms with Crippen LogP contribution in [0, 0.1) is 20.3 Å². The minimum Gasteiger partial charge on any atom is -0.470 e. The molecule has 3 aliphatic rings. The quantitative estimate of drug-likeness (QED) is 0.358. The van der Waals surface area contributed by atoms with Crippen molar-refractivity contribution in [2.75, 3.05) is 7.11 Å². The molecule has 4 nitrogen and oxygen atoms in total. The summed E-state index contributed by atoms with van der Waals surface area (Å²) < 4.78 is 12.5. The monoisotopic (exact) mass is 480 g/mol. The molecule has 0 amide bonds. The van der Waals surface area contributed by atoms with Gasteiger partial charge in [0.1, 0.15) is 11.5 Å². The number of allylic oxidation sites excluding steroid dienone is 1. The Hall–Kier alpha value is -1.37. The zero-order valence-electron chi connectivity index (χ0n) is 16.0. The fourth-order valence-corrected chi connectivity index (χ4v) is 6.32. The number of hydrogen-bond acceptors (Lipinski definition) is 4. The van der Waals surface area contributed by atoms with Crippen LogP contribution in [-0.2, 0) is 14.3 Å². The van der Waals surface area contributed by atoms with Gasteiger partial charge in [0.2, 0.25) is 5.60 Å². The molecule has 4 atom stereocenters. The summed E-state index contributed by atoms with van der Waals surface area (Å²) in [6, 6.07) is 7.71. The van der Waals surface area contributed by atoms with E-state index in [1.165, 1.54) is 7.11 Å². The molecule has 1 aromatic rings. The molecule has 2 saturated carbocycles. The molecule has 2 fully saturated rings. The Balaban J connectivity index is 1.77. The Bertz CT molecular complexity index is 846. The second-order valence-electron chi connectivity index (χ2n) is 8.55. The number of carbonyl (C=O) groups excluding carboxylic acids is 2. The highest BCUT2D eigenvalue weighted by molar-refractivity contribution is 14.1. The van der Waals surface area contributed by atoms with Crippen LogP contribution >= 0.6 is 22.6 Å². The Morgan fingerprint density at radius 1 is 1.22 bits per heavy atom. The first-order valence-electron chi connectivity index (χ1n) is 9.54. The number of halogens is 1. The first kappa shape index (κ1) is 19.0. The average molecular weight is 480 g/mol. The highest BCUT2D eigenvalue weighted by atomic mass is 127. The van der Waals surface area contributed by atoms with Gasteiger partial charge < -0.3 is 9.47 Å². The lowest BCUT2D eigenvalue weighted by atomic mass is 9.41. The minimum absolute atomic E-state index is 0.197. The molecule has 0 radical (unpaired) electrons. The van der Waals surface area contributed by atoms with Gasteiger partial charge in [-0.1, -0.05) is 32.1 Å². The highest BCUT2D eigenvalue weighted by Crippen LogP contribution is 2.68. The molecule has 144 valence electrons. The van der Waals surface area contributed by atoms with Gasteiger partial charge in [-0.05, 0) is 65.5 Å². The van der Waals surface area contributed by atoms with E-state index in [2.05, 4.69) is 42.5 Å². The van der Waals surface area contributed by atoms with Crippen molar-refractivity contribution in [3.63, 3.8) is 0 Å². The third-order valence-electron chi connectivity index (χ3n) is 7.10. The van der Waals surface area contributed by atoms with Crippen molar-refractivity contribution < 1.29 is 19.1 Å². The molecule has 0 heterocycles. The third kappa shape index (κ3) is 2.53. The smallest absolute Gasteiger partial charge is 0.354 e. The second-order valence-corrected chi connectivity index (χ2v) is 9.71. The Kier molecular flexibility index (Phi) is 4.44. The predicted molar refractivity (Wildman–Crippen MR) is 110 cm³/mol. The SMILES string of the molecule is COC(=O)[C@@]1(Oc2ccccc2I)C[C@@]2(C)C1=CC[C@]1(C)C(=O)CCCC21. The van der Waals surface area contributed by atoms with Crippen LogP contribution in [0.5, 0.6) is 5.75 Å². The number of rotatable bonds is 3. The predicted octanol–water partition coefficient (Wildman–Crippen LogP) is 4.70. The Morgan fingerprint density at radius 3 is 2.67 bits per heavy atom. The molecule has 3 aliphatic carbocycles. The fourth-order valence-electron chi connectivity index (χ4n) is 5.82. The number of para-hydroxylation sites is 1. The second kappa shape index (κ2) is 6.33. The van der Waals surface area contributed by atoms with E-state index in [-0.39, 0.29) is 22.7 Å². The zero-order valence-corrected chi connectivity index (χ0v) is 18.2. The number of carbonyl (C=O) groups is 2. The number of methoxy groups -OCH3 is 1. The molecule has 0 aliphatic heterocycles. The van der Waals surface area contributed by atoms with Crippen molar-refractivity contribution in [1.82, 2.24) is 0 Å². The van der Waals surface area contributed by atoms with Crippen LogP contribution < -0.4 is 4.74 Å². The summed E-state index contributed by atoms with van der Waals surface area (Å²) in [6.07, 6.45) is 5.95. The summed E-state index contributed by atoms with van der Waals surface area (Å²) in [5.74, 6) is 0.961. The molecule has 4 rings (SSSR count). The highest BCUT2D eigenvalue weighted by Gasteiger charge is 2.71. The number of ketones is 1. The van der Waals surface area contributed by atoms with E-state index < -0.39 is 5.60 Å². The largest absolute Gasteiger partial charge is 0.470 e. The molecule has 1 aromatic carbocycles.